The quantitative estimate of drug-likeness (QED) is 0.754. The van der Waals surface area contributed by atoms with Gasteiger partial charge in [-0.25, -0.2) is 0 Å². The molecule has 0 aliphatic heterocycles. The molecule has 0 atom stereocenters. The van der Waals surface area contributed by atoms with Crippen molar-refractivity contribution in [1.82, 2.24) is 4.90 Å². The van der Waals surface area contributed by atoms with Crippen molar-refractivity contribution >= 4 is 11.7 Å². The lowest BCUT2D eigenvalue weighted by Crippen LogP contribution is -2.22. The van der Waals surface area contributed by atoms with Crippen LogP contribution in [-0.2, 0) is 16.0 Å². The maximum atomic E-state index is 11.6. The zero-order valence-electron chi connectivity index (χ0n) is 10.5. The van der Waals surface area contributed by atoms with E-state index in [1.165, 1.54) is 10.5 Å². The van der Waals surface area contributed by atoms with Crippen LogP contribution in [0.2, 0.25) is 0 Å². The smallest absolute Gasteiger partial charge is 0.222 e. The normalized spacial score (nSPS) is 10.0. The van der Waals surface area contributed by atoms with Crippen LogP contribution in [0.1, 0.15) is 24.8 Å². The van der Waals surface area contributed by atoms with E-state index in [4.69, 9.17) is 0 Å². The van der Waals surface area contributed by atoms with Gasteiger partial charge in [0.05, 0.1) is 0 Å². The third-order valence-corrected chi connectivity index (χ3v) is 2.65. The molecule has 0 spiro atoms. The topological polar surface area (TPSA) is 37.4 Å². The molecule has 0 fully saturated rings. The Morgan fingerprint density at radius 3 is 2.24 bits per heavy atom. The van der Waals surface area contributed by atoms with E-state index in [9.17, 15) is 9.59 Å². The lowest BCUT2D eigenvalue weighted by atomic mass is 10.1. The van der Waals surface area contributed by atoms with Crippen LogP contribution >= 0.6 is 0 Å². The summed E-state index contributed by atoms with van der Waals surface area (Å²) in [6.07, 6.45) is 1.95. The van der Waals surface area contributed by atoms with Gasteiger partial charge in [0, 0.05) is 33.4 Å². The van der Waals surface area contributed by atoms with E-state index in [2.05, 4.69) is 0 Å². The lowest BCUT2D eigenvalue weighted by molar-refractivity contribution is -0.131. The lowest BCUT2D eigenvalue weighted by Gasteiger charge is -2.09. The summed E-state index contributed by atoms with van der Waals surface area (Å²) in [4.78, 5) is 24.4. The largest absolute Gasteiger partial charge is 0.349 e. The zero-order chi connectivity index (χ0) is 12.7. The van der Waals surface area contributed by atoms with Gasteiger partial charge in [0.25, 0.3) is 0 Å². The molecule has 0 heterocycles. The number of benzene rings is 1. The second-order valence-electron chi connectivity index (χ2n) is 4.31. The number of carbonyl (C=O) groups excluding carboxylic acids is 2. The van der Waals surface area contributed by atoms with Gasteiger partial charge in [-0.3, -0.25) is 9.59 Å². The highest BCUT2D eigenvalue weighted by atomic mass is 16.2. The Morgan fingerprint density at radius 1 is 1.00 bits per heavy atom. The van der Waals surface area contributed by atoms with Crippen LogP contribution in [0.25, 0.3) is 0 Å². The minimum atomic E-state index is 0.0121. The number of hydrogen-bond donors (Lipinski definition) is 0. The van der Waals surface area contributed by atoms with Crippen molar-refractivity contribution in [2.45, 2.75) is 25.7 Å². The van der Waals surface area contributed by atoms with E-state index in [1.54, 1.807) is 14.1 Å². The molecule has 0 N–H and O–H groups in total. The van der Waals surface area contributed by atoms with Crippen molar-refractivity contribution in [3.8, 4) is 0 Å². The molecule has 0 radical (unpaired) electrons. The van der Waals surface area contributed by atoms with Gasteiger partial charge >= 0.3 is 0 Å². The number of rotatable bonds is 6. The molecule has 3 heteroatoms. The fourth-order valence-corrected chi connectivity index (χ4v) is 1.52. The van der Waals surface area contributed by atoms with Crippen LogP contribution in [0, 0.1) is 0 Å². The summed E-state index contributed by atoms with van der Waals surface area (Å²) in [7, 11) is 3.41. The first-order valence-corrected chi connectivity index (χ1v) is 5.85. The Labute approximate surface area is 102 Å². The third-order valence-electron chi connectivity index (χ3n) is 2.65. The number of hydrogen-bond acceptors (Lipinski definition) is 2. The van der Waals surface area contributed by atoms with Crippen LogP contribution < -0.4 is 0 Å². The van der Waals surface area contributed by atoms with Gasteiger partial charge in [-0.2, -0.15) is 0 Å². The highest BCUT2D eigenvalue weighted by Gasteiger charge is 2.08. The summed E-state index contributed by atoms with van der Waals surface area (Å²) < 4.78 is 0. The number of amides is 1. The van der Waals surface area contributed by atoms with Gasteiger partial charge < -0.3 is 4.90 Å². The average Bonchev–Trinajstić information content (AvgIpc) is 2.34. The number of nitrogens with zero attached hydrogens (tertiary/aromatic N) is 1. The van der Waals surface area contributed by atoms with Crippen LogP contribution in [0.5, 0.6) is 0 Å². The number of aryl methyl sites for hydroxylation is 1. The maximum Gasteiger partial charge on any atom is 0.222 e. The van der Waals surface area contributed by atoms with E-state index in [1.807, 2.05) is 30.3 Å². The van der Waals surface area contributed by atoms with Crippen molar-refractivity contribution in [2.75, 3.05) is 14.1 Å². The van der Waals surface area contributed by atoms with Crippen LogP contribution in [0.3, 0.4) is 0 Å². The predicted molar refractivity (Wildman–Crippen MR) is 67.7 cm³/mol. The number of ketones is 1. The second-order valence-corrected chi connectivity index (χ2v) is 4.31. The minimum absolute atomic E-state index is 0.0121. The molecule has 0 aliphatic rings. The van der Waals surface area contributed by atoms with Crippen LogP contribution in [0.4, 0.5) is 0 Å². The SMILES string of the molecule is CN(C)C(=O)CCC(=O)CCc1ccccc1. The molecule has 1 rings (SSSR count). The molecule has 0 bridgehead atoms. The molecule has 0 unspecified atom stereocenters. The highest BCUT2D eigenvalue weighted by molar-refractivity contribution is 5.84. The predicted octanol–water partition coefficient (Wildman–Crippen LogP) is 2.06. The fraction of sp³-hybridized carbons (Fsp3) is 0.429. The van der Waals surface area contributed by atoms with Crippen LogP contribution in [-0.4, -0.2) is 30.7 Å². The van der Waals surface area contributed by atoms with Gasteiger partial charge in [-0.15, -0.1) is 0 Å². The van der Waals surface area contributed by atoms with Gasteiger partial charge in [-0.05, 0) is 12.0 Å². The standard InChI is InChI=1S/C14H19NO2/c1-15(2)14(17)11-10-13(16)9-8-12-6-4-3-5-7-12/h3-7H,8-11H2,1-2H3. The van der Waals surface area contributed by atoms with Crippen molar-refractivity contribution < 1.29 is 9.59 Å². The van der Waals surface area contributed by atoms with Crippen molar-refractivity contribution in [3.63, 3.8) is 0 Å². The summed E-state index contributed by atoms with van der Waals surface area (Å²) in [5.41, 5.74) is 1.17. The van der Waals surface area contributed by atoms with E-state index >= 15 is 0 Å². The summed E-state index contributed by atoms with van der Waals surface area (Å²) >= 11 is 0. The molecular formula is C14H19NO2. The Hall–Kier alpha value is -1.64. The Morgan fingerprint density at radius 2 is 1.65 bits per heavy atom. The molecule has 0 saturated carbocycles. The molecule has 92 valence electrons. The molecule has 0 aromatic heterocycles. The Balaban J connectivity index is 2.24. The van der Waals surface area contributed by atoms with Crippen molar-refractivity contribution in [3.05, 3.63) is 35.9 Å². The first-order chi connectivity index (χ1) is 8.09. The minimum Gasteiger partial charge on any atom is -0.349 e. The molecule has 1 aromatic carbocycles. The molecule has 1 aromatic rings. The summed E-state index contributed by atoms with van der Waals surface area (Å²) in [6, 6.07) is 9.92. The molecular weight excluding hydrogens is 214 g/mol. The number of carbonyl (C=O) groups is 2. The van der Waals surface area contributed by atoms with E-state index < -0.39 is 0 Å². The van der Waals surface area contributed by atoms with Crippen LogP contribution in [0.15, 0.2) is 30.3 Å². The van der Waals surface area contributed by atoms with Gasteiger partial charge in [0.1, 0.15) is 5.78 Å². The summed E-state index contributed by atoms with van der Waals surface area (Å²) in [6.45, 7) is 0. The number of Topliss-reactive ketones (excluding diaryl/α,β-unsaturated/α-hetero) is 1. The Bertz CT molecular complexity index is 371. The van der Waals surface area contributed by atoms with E-state index in [0.29, 0.717) is 19.3 Å². The van der Waals surface area contributed by atoms with E-state index in [0.717, 1.165) is 6.42 Å². The maximum absolute atomic E-state index is 11.6. The summed E-state index contributed by atoms with van der Waals surface area (Å²) in [5.74, 6) is 0.169. The monoisotopic (exact) mass is 233 g/mol. The van der Waals surface area contributed by atoms with Gasteiger partial charge in [0.15, 0.2) is 0 Å². The van der Waals surface area contributed by atoms with Crippen molar-refractivity contribution in [2.24, 2.45) is 0 Å². The first kappa shape index (κ1) is 13.4. The molecule has 0 aliphatic carbocycles. The van der Waals surface area contributed by atoms with E-state index in [-0.39, 0.29) is 11.7 Å². The molecule has 17 heavy (non-hydrogen) atoms. The molecule has 0 saturated heterocycles. The van der Waals surface area contributed by atoms with Gasteiger partial charge in [0.2, 0.25) is 5.91 Å². The molecule has 1 amide bonds. The second kappa shape index (κ2) is 6.84. The summed E-state index contributed by atoms with van der Waals surface area (Å²) in [5, 5.41) is 0. The molecule has 3 nitrogen and oxygen atoms in total. The van der Waals surface area contributed by atoms with Gasteiger partial charge in [-0.1, -0.05) is 30.3 Å². The fourth-order valence-electron chi connectivity index (χ4n) is 1.52. The third kappa shape index (κ3) is 5.29. The first-order valence-electron chi connectivity index (χ1n) is 5.85. The zero-order valence-corrected chi connectivity index (χ0v) is 10.5. The highest BCUT2D eigenvalue weighted by Crippen LogP contribution is 2.05. The Kier molecular flexibility index (Phi) is 5.40. The van der Waals surface area contributed by atoms with Crippen molar-refractivity contribution in [1.29, 1.82) is 0 Å². The average molecular weight is 233 g/mol.